The zero-order valence-electron chi connectivity index (χ0n) is 23.1. The molecule has 0 radical (unpaired) electrons. The van der Waals surface area contributed by atoms with Gasteiger partial charge in [0.05, 0.1) is 19.8 Å². The minimum atomic E-state index is -0.592. The van der Waals surface area contributed by atoms with Crippen LogP contribution in [0.1, 0.15) is 63.9 Å². The Kier molecular flexibility index (Phi) is 11.7. The number of carbonyl (C=O) groups is 3. The van der Waals surface area contributed by atoms with Gasteiger partial charge in [0.1, 0.15) is 5.60 Å². The first-order valence-corrected chi connectivity index (χ1v) is 12.8. The molecule has 0 saturated carbocycles. The number of rotatable bonds is 13. The number of nitrogens with one attached hydrogen (secondary N) is 3. The highest BCUT2D eigenvalue weighted by Crippen LogP contribution is 2.39. The Morgan fingerprint density at radius 1 is 0.816 bits per heavy atom. The van der Waals surface area contributed by atoms with Crippen LogP contribution in [0, 0.1) is 0 Å². The van der Waals surface area contributed by atoms with E-state index in [-0.39, 0.29) is 24.8 Å². The van der Waals surface area contributed by atoms with Gasteiger partial charge in [0.2, 0.25) is 11.7 Å². The molecule has 3 amide bonds. The van der Waals surface area contributed by atoms with Crippen LogP contribution >= 0.6 is 0 Å². The number of ether oxygens (including phenoxy) is 4. The van der Waals surface area contributed by atoms with Crippen LogP contribution in [0.15, 0.2) is 36.4 Å². The van der Waals surface area contributed by atoms with E-state index in [1.165, 1.54) is 0 Å². The molecule has 208 valence electrons. The Bertz CT molecular complexity index is 1050. The molecule has 0 bridgehead atoms. The maximum absolute atomic E-state index is 13.0. The highest BCUT2D eigenvalue weighted by atomic mass is 16.6. The zero-order valence-corrected chi connectivity index (χ0v) is 23.1. The number of carbonyl (C=O) groups excluding carboxylic acids is 3. The molecule has 0 atom stereocenters. The second kappa shape index (κ2) is 14.7. The second-order valence-electron chi connectivity index (χ2n) is 9.21. The average molecular weight is 530 g/mol. The Morgan fingerprint density at radius 3 is 1.92 bits per heavy atom. The summed E-state index contributed by atoms with van der Waals surface area (Å²) in [7, 11) is 0. The molecule has 0 aliphatic heterocycles. The number of hydrogen-bond acceptors (Lipinski definition) is 7. The maximum atomic E-state index is 13.0. The third-order valence-electron chi connectivity index (χ3n) is 4.89. The lowest BCUT2D eigenvalue weighted by Gasteiger charge is -2.19. The fourth-order valence-corrected chi connectivity index (χ4v) is 3.31. The van der Waals surface area contributed by atoms with E-state index in [9.17, 15) is 14.4 Å². The zero-order chi connectivity index (χ0) is 28.1. The average Bonchev–Trinajstić information content (AvgIpc) is 2.84. The molecule has 10 heteroatoms. The van der Waals surface area contributed by atoms with Crippen molar-refractivity contribution in [2.24, 2.45) is 0 Å². The topological polar surface area (TPSA) is 124 Å². The molecule has 3 N–H and O–H groups in total. The van der Waals surface area contributed by atoms with E-state index in [2.05, 4.69) is 16.0 Å². The third kappa shape index (κ3) is 10.2. The maximum Gasteiger partial charge on any atom is 0.407 e. The van der Waals surface area contributed by atoms with E-state index in [0.29, 0.717) is 54.9 Å². The first-order valence-electron chi connectivity index (χ1n) is 12.8. The van der Waals surface area contributed by atoms with Gasteiger partial charge in [-0.25, -0.2) is 4.79 Å². The van der Waals surface area contributed by atoms with Gasteiger partial charge in [0.15, 0.2) is 11.5 Å². The SMILES string of the molecule is CCOc1cc(C(=O)Nc2ccc(CNC(=O)CCNC(=O)OC(C)(C)C)cc2)cc(OCC)c1OCC. The fraction of sp³-hybridized carbons (Fsp3) is 0.464. The van der Waals surface area contributed by atoms with Crippen LogP contribution in [-0.4, -0.2) is 49.9 Å². The first-order chi connectivity index (χ1) is 18.1. The van der Waals surface area contributed by atoms with Crippen LogP contribution in [0.3, 0.4) is 0 Å². The standard InChI is InChI=1S/C28H39N3O7/c1-7-35-22-16-20(17-23(36-8-2)25(22)37-9-3)26(33)31-21-12-10-19(11-13-21)18-30-24(32)14-15-29-27(34)38-28(4,5)6/h10-13,16-17H,7-9,14-15,18H2,1-6H3,(H,29,34)(H,30,32)(H,31,33). The van der Waals surface area contributed by atoms with Gasteiger partial charge in [0, 0.05) is 30.8 Å². The molecule has 0 fully saturated rings. The predicted molar refractivity (Wildman–Crippen MR) is 145 cm³/mol. The number of alkyl carbamates (subject to hydrolysis) is 1. The highest BCUT2D eigenvalue weighted by molar-refractivity contribution is 6.05. The van der Waals surface area contributed by atoms with Crippen molar-refractivity contribution in [3.63, 3.8) is 0 Å². The molecule has 0 spiro atoms. The lowest BCUT2D eigenvalue weighted by Crippen LogP contribution is -2.35. The van der Waals surface area contributed by atoms with Crippen LogP contribution in [0.4, 0.5) is 10.5 Å². The fourth-order valence-electron chi connectivity index (χ4n) is 3.31. The number of anilines is 1. The molecule has 10 nitrogen and oxygen atoms in total. The van der Waals surface area contributed by atoms with E-state index < -0.39 is 11.7 Å². The minimum absolute atomic E-state index is 0.128. The van der Waals surface area contributed by atoms with Crippen molar-refractivity contribution in [1.29, 1.82) is 0 Å². The number of benzene rings is 2. The van der Waals surface area contributed by atoms with Crippen LogP contribution in [-0.2, 0) is 16.1 Å². The van der Waals surface area contributed by atoms with Crippen molar-refractivity contribution in [1.82, 2.24) is 10.6 Å². The Morgan fingerprint density at radius 2 is 1.39 bits per heavy atom. The summed E-state index contributed by atoms with van der Waals surface area (Å²) in [6, 6.07) is 10.4. The van der Waals surface area contributed by atoms with E-state index >= 15 is 0 Å². The molecule has 0 aliphatic rings. The molecule has 0 aliphatic carbocycles. The summed E-state index contributed by atoms with van der Waals surface area (Å²) in [6.45, 7) is 12.6. The van der Waals surface area contributed by atoms with E-state index in [4.69, 9.17) is 18.9 Å². The molecule has 38 heavy (non-hydrogen) atoms. The summed E-state index contributed by atoms with van der Waals surface area (Å²) >= 11 is 0. The molecule has 2 rings (SSSR count). The van der Waals surface area contributed by atoms with Gasteiger partial charge in [-0.05, 0) is 71.4 Å². The van der Waals surface area contributed by atoms with Crippen LogP contribution in [0.25, 0.3) is 0 Å². The van der Waals surface area contributed by atoms with Gasteiger partial charge in [-0.1, -0.05) is 12.1 Å². The van der Waals surface area contributed by atoms with Crippen LogP contribution in [0.5, 0.6) is 17.2 Å². The predicted octanol–water partition coefficient (Wildman–Crippen LogP) is 4.67. The third-order valence-corrected chi connectivity index (χ3v) is 4.89. The van der Waals surface area contributed by atoms with Crippen molar-refractivity contribution in [3.05, 3.63) is 47.5 Å². The smallest absolute Gasteiger partial charge is 0.407 e. The Labute approximate surface area is 224 Å². The van der Waals surface area contributed by atoms with Gasteiger partial charge in [0.25, 0.3) is 5.91 Å². The van der Waals surface area contributed by atoms with Crippen molar-refractivity contribution >= 4 is 23.6 Å². The van der Waals surface area contributed by atoms with E-state index in [1.807, 2.05) is 32.9 Å². The minimum Gasteiger partial charge on any atom is -0.490 e. The largest absolute Gasteiger partial charge is 0.490 e. The summed E-state index contributed by atoms with van der Waals surface area (Å²) in [5.74, 6) is 0.827. The van der Waals surface area contributed by atoms with Gasteiger partial charge in [-0.2, -0.15) is 0 Å². The molecule has 0 heterocycles. The molecule has 0 unspecified atom stereocenters. The van der Waals surface area contributed by atoms with Crippen molar-refractivity contribution < 1.29 is 33.3 Å². The summed E-state index contributed by atoms with van der Waals surface area (Å²) in [4.78, 5) is 36.7. The Balaban J connectivity index is 1.93. The lowest BCUT2D eigenvalue weighted by molar-refractivity contribution is -0.121. The quantitative estimate of drug-likeness (QED) is 0.345. The second-order valence-corrected chi connectivity index (χ2v) is 9.21. The van der Waals surface area contributed by atoms with Crippen LogP contribution < -0.4 is 30.2 Å². The van der Waals surface area contributed by atoms with Crippen LogP contribution in [0.2, 0.25) is 0 Å². The normalized spacial score (nSPS) is 10.8. The van der Waals surface area contributed by atoms with Gasteiger partial charge in [-0.3, -0.25) is 9.59 Å². The molecule has 0 saturated heterocycles. The Hall–Kier alpha value is -3.95. The molecule has 2 aromatic carbocycles. The van der Waals surface area contributed by atoms with Gasteiger partial charge < -0.3 is 34.9 Å². The number of amides is 3. The summed E-state index contributed by atoms with van der Waals surface area (Å²) < 4.78 is 22.2. The monoisotopic (exact) mass is 529 g/mol. The molecule has 0 aromatic heterocycles. The summed E-state index contributed by atoms with van der Waals surface area (Å²) in [6.07, 6.45) is -0.431. The van der Waals surface area contributed by atoms with E-state index in [1.54, 1.807) is 45.0 Å². The number of hydrogen-bond donors (Lipinski definition) is 3. The molecule has 2 aromatic rings. The van der Waals surface area contributed by atoms with Crippen molar-refractivity contribution in [2.45, 2.75) is 60.1 Å². The van der Waals surface area contributed by atoms with Gasteiger partial charge in [-0.15, -0.1) is 0 Å². The summed E-state index contributed by atoms with van der Waals surface area (Å²) in [5, 5.41) is 8.22. The first kappa shape index (κ1) is 30.3. The van der Waals surface area contributed by atoms with Crippen molar-refractivity contribution in [2.75, 3.05) is 31.7 Å². The molecular formula is C28H39N3O7. The van der Waals surface area contributed by atoms with Crippen molar-refractivity contribution in [3.8, 4) is 17.2 Å². The summed E-state index contributed by atoms with van der Waals surface area (Å²) in [5.41, 5.74) is 1.23. The highest BCUT2D eigenvalue weighted by Gasteiger charge is 2.19. The lowest BCUT2D eigenvalue weighted by atomic mass is 10.1. The van der Waals surface area contributed by atoms with Gasteiger partial charge >= 0.3 is 6.09 Å². The van der Waals surface area contributed by atoms with E-state index in [0.717, 1.165) is 5.56 Å². The molecular weight excluding hydrogens is 490 g/mol.